The molecule has 0 fully saturated rings. The van der Waals surface area contributed by atoms with Gasteiger partial charge in [0.15, 0.2) is 0 Å². The summed E-state index contributed by atoms with van der Waals surface area (Å²) >= 11 is 0. The Morgan fingerprint density at radius 1 is 0.842 bits per heavy atom. The zero-order valence-corrected chi connectivity index (χ0v) is 13.2. The van der Waals surface area contributed by atoms with Crippen molar-refractivity contribution in [3.8, 4) is 0 Å². The molecule has 0 aromatic heterocycles. The van der Waals surface area contributed by atoms with E-state index in [0.29, 0.717) is 6.42 Å². The van der Waals surface area contributed by atoms with Gasteiger partial charge in [-0.1, -0.05) is 57.6 Å². The van der Waals surface area contributed by atoms with Crippen LogP contribution in [-0.2, 0) is 4.79 Å². The Morgan fingerprint density at radius 3 is 1.84 bits per heavy atom. The lowest BCUT2D eigenvalue weighted by molar-refractivity contribution is -0.137. The molecule has 0 amide bonds. The van der Waals surface area contributed by atoms with Gasteiger partial charge in [0.1, 0.15) is 0 Å². The third-order valence-electron chi connectivity index (χ3n) is 3.15. The van der Waals surface area contributed by atoms with Crippen LogP contribution in [0, 0.1) is 0 Å². The minimum absolute atomic E-state index is 0. The number of rotatable bonds is 13. The van der Waals surface area contributed by atoms with Gasteiger partial charge in [-0.05, 0) is 32.1 Å². The molecular weight excluding hydrogens is 260 g/mol. The second kappa shape index (κ2) is 17.5. The van der Waals surface area contributed by atoms with Crippen molar-refractivity contribution < 1.29 is 9.90 Å². The lowest BCUT2D eigenvalue weighted by atomic mass is 10.1. The summed E-state index contributed by atoms with van der Waals surface area (Å²) < 4.78 is 0. The van der Waals surface area contributed by atoms with Crippen LogP contribution in [0.4, 0.5) is 0 Å². The molecule has 0 spiro atoms. The maximum atomic E-state index is 10.3. The first-order valence-corrected chi connectivity index (χ1v) is 7.64. The highest BCUT2D eigenvalue weighted by atomic mass is 35.5. The molecule has 114 valence electrons. The van der Waals surface area contributed by atoms with Gasteiger partial charge >= 0.3 is 5.97 Å². The predicted octanol–water partition coefficient (Wildman–Crippen LogP) is 5.75. The summed E-state index contributed by atoms with van der Waals surface area (Å²) in [6, 6.07) is 0. The molecule has 0 saturated carbocycles. The summed E-state index contributed by atoms with van der Waals surface area (Å²) in [7, 11) is 0. The Hall–Kier alpha value is -0.500. The van der Waals surface area contributed by atoms with E-state index in [4.69, 9.17) is 5.11 Å². The number of carbonyl (C=O) groups is 1. The molecule has 0 unspecified atom stereocenters. The fourth-order valence-electron chi connectivity index (χ4n) is 1.99. The van der Waals surface area contributed by atoms with Crippen LogP contribution in [0.3, 0.4) is 0 Å². The third kappa shape index (κ3) is 20.0. The molecule has 0 aromatic carbocycles. The lowest BCUT2D eigenvalue weighted by Crippen LogP contribution is -1.93. The molecule has 0 atom stereocenters. The maximum Gasteiger partial charge on any atom is 0.303 e. The maximum absolute atomic E-state index is 10.3. The molecule has 1 N–H and O–H groups in total. The van der Waals surface area contributed by atoms with Gasteiger partial charge in [0, 0.05) is 6.42 Å². The SMILES string of the molecule is CCCCCC/C=C/CCCCCCCC(=O)O.Cl. The van der Waals surface area contributed by atoms with Crippen molar-refractivity contribution in [1.82, 2.24) is 0 Å². The molecule has 0 rings (SSSR count). The third-order valence-corrected chi connectivity index (χ3v) is 3.15. The Kier molecular flexibility index (Phi) is 19.2. The van der Waals surface area contributed by atoms with E-state index in [0.717, 1.165) is 12.8 Å². The minimum atomic E-state index is -0.666. The summed E-state index contributed by atoms with van der Waals surface area (Å²) in [5.41, 5.74) is 0. The van der Waals surface area contributed by atoms with Crippen LogP contribution in [0.15, 0.2) is 12.2 Å². The van der Waals surface area contributed by atoms with Crippen molar-refractivity contribution in [2.24, 2.45) is 0 Å². The van der Waals surface area contributed by atoms with Gasteiger partial charge in [-0.15, -0.1) is 12.4 Å². The monoisotopic (exact) mass is 290 g/mol. The van der Waals surface area contributed by atoms with Crippen LogP contribution in [-0.4, -0.2) is 11.1 Å². The average molecular weight is 291 g/mol. The van der Waals surface area contributed by atoms with E-state index in [-0.39, 0.29) is 12.4 Å². The number of aliphatic carboxylic acids is 1. The molecule has 0 radical (unpaired) electrons. The van der Waals surface area contributed by atoms with E-state index in [2.05, 4.69) is 19.1 Å². The quantitative estimate of drug-likeness (QED) is 0.346. The van der Waals surface area contributed by atoms with Crippen molar-refractivity contribution in [3.05, 3.63) is 12.2 Å². The smallest absolute Gasteiger partial charge is 0.303 e. The largest absolute Gasteiger partial charge is 0.481 e. The van der Waals surface area contributed by atoms with E-state index in [1.165, 1.54) is 57.8 Å². The summed E-state index contributed by atoms with van der Waals surface area (Å²) in [6.45, 7) is 2.24. The summed E-state index contributed by atoms with van der Waals surface area (Å²) in [5.74, 6) is -0.666. The van der Waals surface area contributed by atoms with Gasteiger partial charge in [0.25, 0.3) is 0 Å². The Labute approximate surface area is 125 Å². The van der Waals surface area contributed by atoms with Gasteiger partial charge in [0.2, 0.25) is 0 Å². The first-order valence-electron chi connectivity index (χ1n) is 7.64. The summed E-state index contributed by atoms with van der Waals surface area (Å²) in [6.07, 6.45) is 18.3. The fraction of sp³-hybridized carbons (Fsp3) is 0.812. The Balaban J connectivity index is 0. The zero-order chi connectivity index (χ0) is 13.5. The van der Waals surface area contributed by atoms with Crippen LogP contribution in [0.2, 0.25) is 0 Å². The first kappa shape index (κ1) is 20.8. The Bertz CT molecular complexity index is 215. The molecule has 0 heterocycles. The van der Waals surface area contributed by atoms with Crippen LogP contribution in [0.25, 0.3) is 0 Å². The van der Waals surface area contributed by atoms with E-state index in [9.17, 15) is 4.79 Å². The number of halogens is 1. The molecular formula is C16H31ClO2. The molecule has 0 aromatic rings. The van der Waals surface area contributed by atoms with Crippen molar-refractivity contribution in [2.45, 2.75) is 84.0 Å². The van der Waals surface area contributed by atoms with Crippen LogP contribution < -0.4 is 0 Å². The molecule has 0 bridgehead atoms. The molecule has 0 aliphatic carbocycles. The van der Waals surface area contributed by atoms with E-state index in [1.807, 2.05) is 0 Å². The molecule has 0 aliphatic heterocycles. The van der Waals surface area contributed by atoms with Gasteiger partial charge in [-0.25, -0.2) is 0 Å². The number of hydrogen-bond donors (Lipinski definition) is 1. The lowest BCUT2D eigenvalue weighted by Gasteiger charge is -1.98. The normalized spacial score (nSPS) is 10.6. The summed E-state index contributed by atoms with van der Waals surface area (Å²) in [5, 5.41) is 8.48. The Morgan fingerprint density at radius 2 is 1.32 bits per heavy atom. The van der Waals surface area contributed by atoms with Gasteiger partial charge in [-0.2, -0.15) is 0 Å². The van der Waals surface area contributed by atoms with E-state index < -0.39 is 5.97 Å². The van der Waals surface area contributed by atoms with E-state index >= 15 is 0 Å². The highest BCUT2D eigenvalue weighted by Gasteiger charge is 1.95. The average Bonchev–Trinajstić information content (AvgIpc) is 2.34. The van der Waals surface area contributed by atoms with E-state index in [1.54, 1.807) is 0 Å². The van der Waals surface area contributed by atoms with Crippen LogP contribution in [0.5, 0.6) is 0 Å². The molecule has 0 saturated heterocycles. The topological polar surface area (TPSA) is 37.3 Å². The minimum Gasteiger partial charge on any atom is -0.481 e. The van der Waals surface area contributed by atoms with Gasteiger partial charge in [-0.3, -0.25) is 4.79 Å². The second-order valence-corrected chi connectivity index (χ2v) is 5.02. The second-order valence-electron chi connectivity index (χ2n) is 5.02. The van der Waals surface area contributed by atoms with Crippen molar-refractivity contribution in [1.29, 1.82) is 0 Å². The first-order chi connectivity index (χ1) is 8.77. The zero-order valence-electron chi connectivity index (χ0n) is 12.4. The van der Waals surface area contributed by atoms with Crippen LogP contribution >= 0.6 is 12.4 Å². The number of allylic oxidation sites excluding steroid dienone is 2. The summed E-state index contributed by atoms with van der Waals surface area (Å²) in [4.78, 5) is 10.3. The molecule has 3 heteroatoms. The predicted molar refractivity (Wildman–Crippen MR) is 85.1 cm³/mol. The highest BCUT2D eigenvalue weighted by molar-refractivity contribution is 5.85. The van der Waals surface area contributed by atoms with Gasteiger partial charge < -0.3 is 5.11 Å². The fourth-order valence-corrected chi connectivity index (χ4v) is 1.99. The standard InChI is InChI=1S/C16H30O2.ClH/c1-2-3-4-5-6-7-8-9-10-11-12-13-14-15-16(17)18;/h7-8H,2-6,9-15H2,1H3,(H,17,18);1H/b8-7+;. The number of hydrogen-bond acceptors (Lipinski definition) is 1. The molecule has 19 heavy (non-hydrogen) atoms. The van der Waals surface area contributed by atoms with Crippen molar-refractivity contribution in [2.75, 3.05) is 0 Å². The number of carboxylic acid groups (broad SMARTS) is 1. The van der Waals surface area contributed by atoms with Crippen molar-refractivity contribution in [3.63, 3.8) is 0 Å². The highest BCUT2D eigenvalue weighted by Crippen LogP contribution is 2.08. The number of unbranched alkanes of at least 4 members (excludes halogenated alkanes) is 9. The number of carboxylic acids is 1. The molecule has 0 aliphatic rings. The van der Waals surface area contributed by atoms with Crippen molar-refractivity contribution >= 4 is 18.4 Å². The molecule has 2 nitrogen and oxygen atoms in total. The van der Waals surface area contributed by atoms with Gasteiger partial charge in [0.05, 0.1) is 0 Å². The van der Waals surface area contributed by atoms with Crippen LogP contribution in [0.1, 0.15) is 84.0 Å².